The predicted octanol–water partition coefficient (Wildman–Crippen LogP) is 1.37. The van der Waals surface area contributed by atoms with Crippen LogP contribution in [0, 0.1) is 6.92 Å². The molecule has 2 rings (SSSR count). The molecule has 0 saturated heterocycles. The van der Waals surface area contributed by atoms with E-state index < -0.39 is 10.0 Å². The maximum absolute atomic E-state index is 12.3. The molecule has 0 atom stereocenters. The van der Waals surface area contributed by atoms with Crippen LogP contribution in [0.3, 0.4) is 0 Å². The molecule has 1 heterocycles. The molecular formula is C12H16BrN5O2S. The maximum atomic E-state index is 12.3. The smallest absolute Gasteiger partial charge is 0.240 e. The highest BCUT2D eigenvalue weighted by atomic mass is 79.9. The van der Waals surface area contributed by atoms with Crippen molar-refractivity contribution in [2.75, 3.05) is 12.3 Å². The van der Waals surface area contributed by atoms with Gasteiger partial charge in [-0.15, -0.1) is 0 Å². The van der Waals surface area contributed by atoms with Crippen LogP contribution in [0.4, 0.5) is 5.69 Å². The summed E-state index contributed by atoms with van der Waals surface area (Å²) in [5, 5.41) is 6.46. The highest BCUT2D eigenvalue weighted by Gasteiger charge is 2.18. The number of nitrogen functional groups attached to an aromatic ring is 1. The number of halogens is 1. The molecule has 4 N–H and O–H groups in total. The topological polar surface area (TPSA) is 114 Å². The molecule has 0 unspecified atom stereocenters. The minimum absolute atomic E-state index is 0.189. The normalized spacial score (nSPS) is 11.7. The molecule has 7 nitrogen and oxygen atoms in total. The van der Waals surface area contributed by atoms with Crippen LogP contribution in [0.2, 0.25) is 0 Å². The zero-order chi connectivity index (χ0) is 15.5. The Labute approximate surface area is 131 Å². The first-order valence-electron chi connectivity index (χ1n) is 6.29. The monoisotopic (exact) mass is 373 g/mol. The molecule has 2 aromatic rings. The minimum Gasteiger partial charge on any atom is -0.398 e. The highest BCUT2D eigenvalue weighted by Crippen LogP contribution is 2.26. The van der Waals surface area contributed by atoms with Crippen LogP contribution in [0.5, 0.6) is 0 Å². The average Bonchev–Trinajstić information content (AvgIpc) is 2.92. The molecule has 0 aliphatic carbocycles. The molecule has 0 fully saturated rings. The van der Waals surface area contributed by atoms with Gasteiger partial charge in [0.1, 0.15) is 12.2 Å². The predicted molar refractivity (Wildman–Crippen MR) is 83.2 cm³/mol. The summed E-state index contributed by atoms with van der Waals surface area (Å²) in [5.41, 5.74) is 6.77. The number of sulfonamides is 1. The van der Waals surface area contributed by atoms with Crippen molar-refractivity contribution >= 4 is 31.6 Å². The Morgan fingerprint density at radius 2 is 2.19 bits per heavy atom. The second-order valence-corrected chi connectivity index (χ2v) is 7.20. The molecule has 1 aromatic carbocycles. The van der Waals surface area contributed by atoms with Gasteiger partial charge in [-0.25, -0.2) is 18.1 Å². The van der Waals surface area contributed by atoms with E-state index in [4.69, 9.17) is 5.73 Å². The number of hydrogen-bond acceptors (Lipinski definition) is 5. The molecule has 0 spiro atoms. The fraction of sp³-hybridized carbons (Fsp3) is 0.333. The van der Waals surface area contributed by atoms with E-state index in [9.17, 15) is 8.42 Å². The quantitative estimate of drug-likeness (QED) is 0.522. The van der Waals surface area contributed by atoms with Crippen LogP contribution in [0.25, 0.3) is 0 Å². The minimum atomic E-state index is -3.58. The number of rotatable bonds is 6. The number of hydrogen-bond donors (Lipinski definition) is 3. The number of H-pyrrole nitrogens is 1. The Balaban J connectivity index is 2.02. The number of benzene rings is 1. The van der Waals surface area contributed by atoms with Crippen molar-refractivity contribution in [2.45, 2.75) is 24.7 Å². The van der Waals surface area contributed by atoms with Gasteiger partial charge < -0.3 is 5.73 Å². The van der Waals surface area contributed by atoms with Crippen LogP contribution in [0.15, 0.2) is 27.8 Å². The van der Waals surface area contributed by atoms with E-state index in [0.29, 0.717) is 35.1 Å². The first-order valence-corrected chi connectivity index (χ1v) is 8.57. The Bertz CT molecular complexity index is 715. The molecule has 0 aliphatic rings. The lowest BCUT2D eigenvalue weighted by atomic mass is 10.2. The Kier molecular flexibility index (Phi) is 4.96. The summed E-state index contributed by atoms with van der Waals surface area (Å²) < 4.78 is 27.8. The summed E-state index contributed by atoms with van der Waals surface area (Å²) in [4.78, 5) is 4.17. The largest absolute Gasteiger partial charge is 0.398 e. The summed E-state index contributed by atoms with van der Waals surface area (Å²) in [6.45, 7) is 2.00. The highest BCUT2D eigenvalue weighted by molar-refractivity contribution is 9.10. The van der Waals surface area contributed by atoms with Gasteiger partial charge in [-0.2, -0.15) is 5.10 Å². The van der Waals surface area contributed by atoms with E-state index >= 15 is 0 Å². The first-order chi connectivity index (χ1) is 9.90. The van der Waals surface area contributed by atoms with E-state index in [-0.39, 0.29) is 4.90 Å². The molecule has 0 radical (unpaired) electrons. The number of aromatic nitrogens is 3. The molecule has 1 aromatic heterocycles. The summed E-state index contributed by atoms with van der Waals surface area (Å²) in [5.74, 6) is 0.733. The molecule has 0 amide bonds. The molecular weight excluding hydrogens is 358 g/mol. The van der Waals surface area contributed by atoms with Gasteiger partial charge in [-0.3, -0.25) is 5.10 Å². The van der Waals surface area contributed by atoms with Crippen molar-refractivity contribution in [1.29, 1.82) is 0 Å². The summed E-state index contributed by atoms with van der Waals surface area (Å²) in [6.07, 6.45) is 2.67. The van der Waals surface area contributed by atoms with Gasteiger partial charge >= 0.3 is 0 Å². The molecule has 114 valence electrons. The van der Waals surface area contributed by atoms with Crippen molar-refractivity contribution in [2.24, 2.45) is 0 Å². The summed E-state index contributed by atoms with van der Waals surface area (Å²) in [7, 11) is -3.58. The van der Waals surface area contributed by atoms with Crippen molar-refractivity contribution in [3.05, 3.63) is 34.3 Å². The zero-order valence-electron chi connectivity index (χ0n) is 11.4. The van der Waals surface area contributed by atoms with Crippen LogP contribution in [0.1, 0.15) is 17.8 Å². The van der Waals surface area contributed by atoms with E-state index in [1.54, 1.807) is 19.1 Å². The Morgan fingerprint density at radius 1 is 1.43 bits per heavy atom. The fourth-order valence-electron chi connectivity index (χ4n) is 1.84. The molecule has 0 saturated carbocycles. The fourth-order valence-corrected chi connectivity index (χ4v) is 3.84. The van der Waals surface area contributed by atoms with Crippen LogP contribution in [-0.4, -0.2) is 30.1 Å². The molecule has 21 heavy (non-hydrogen) atoms. The third kappa shape index (κ3) is 4.02. The lowest BCUT2D eigenvalue weighted by Gasteiger charge is -2.11. The number of anilines is 1. The Hall–Kier alpha value is -1.45. The van der Waals surface area contributed by atoms with Gasteiger partial charge in [0, 0.05) is 23.1 Å². The lowest BCUT2D eigenvalue weighted by molar-refractivity contribution is 0.577. The van der Waals surface area contributed by atoms with Gasteiger partial charge in [-0.1, -0.05) is 15.9 Å². The number of nitrogens with two attached hydrogens (primary N) is 1. The van der Waals surface area contributed by atoms with Crippen LogP contribution in [-0.2, 0) is 16.4 Å². The summed E-state index contributed by atoms with van der Waals surface area (Å²) >= 11 is 3.26. The van der Waals surface area contributed by atoms with E-state index in [0.717, 1.165) is 5.82 Å². The van der Waals surface area contributed by atoms with Gasteiger partial charge in [0.15, 0.2) is 0 Å². The van der Waals surface area contributed by atoms with Crippen LogP contribution >= 0.6 is 15.9 Å². The number of nitrogens with zero attached hydrogens (tertiary/aromatic N) is 2. The molecule has 0 aliphatic heterocycles. The lowest BCUT2D eigenvalue weighted by Crippen LogP contribution is -2.26. The number of aromatic amines is 1. The van der Waals surface area contributed by atoms with Crippen molar-refractivity contribution in [3.8, 4) is 0 Å². The van der Waals surface area contributed by atoms with E-state index in [1.165, 1.54) is 6.33 Å². The second-order valence-electron chi connectivity index (χ2n) is 4.55. The van der Waals surface area contributed by atoms with E-state index in [1.807, 2.05) is 0 Å². The van der Waals surface area contributed by atoms with Gasteiger partial charge in [0.25, 0.3) is 0 Å². The van der Waals surface area contributed by atoms with Crippen molar-refractivity contribution in [3.63, 3.8) is 0 Å². The van der Waals surface area contributed by atoms with Crippen LogP contribution < -0.4 is 10.5 Å². The van der Waals surface area contributed by atoms with Gasteiger partial charge in [-0.05, 0) is 31.0 Å². The third-order valence-electron chi connectivity index (χ3n) is 3.00. The van der Waals surface area contributed by atoms with Crippen molar-refractivity contribution in [1.82, 2.24) is 19.9 Å². The Morgan fingerprint density at radius 3 is 2.86 bits per heavy atom. The summed E-state index contributed by atoms with van der Waals surface area (Å²) in [6, 6.07) is 3.22. The van der Waals surface area contributed by atoms with E-state index in [2.05, 4.69) is 35.8 Å². The first kappa shape index (κ1) is 15.9. The standard InChI is InChI=1S/C12H16BrN5O2S/c1-8-10(14)5-9(13)6-11(8)21(19,20)17-4-2-3-12-15-7-16-18-12/h5-7,17H,2-4,14H2,1H3,(H,15,16,18). The van der Waals surface area contributed by atoms with Gasteiger partial charge in [0.05, 0.1) is 4.90 Å². The molecule has 0 bridgehead atoms. The number of nitrogens with one attached hydrogen (secondary N) is 2. The van der Waals surface area contributed by atoms with Gasteiger partial charge in [0.2, 0.25) is 10.0 Å². The molecule has 9 heteroatoms. The second kappa shape index (κ2) is 6.54. The zero-order valence-corrected chi connectivity index (χ0v) is 13.8. The average molecular weight is 374 g/mol. The SMILES string of the molecule is Cc1c(N)cc(Br)cc1S(=O)(=O)NCCCc1ncn[nH]1. The third-order valence-corrected chi connectivity index (χ3v) is 5.05. The number of aryl methyl sites for hydroxylation is 1. The van der Waals surface area contributed by atoms with Crippen molar-refractivity contribution < 1.29 is 8.42 Å². The maximum Gasteiger partial charge on any atom is 0.240 e.